The van der Waals surface area contributed by atoms with Crippen LogP contribution in [0.2, 0.25) is 18.1 Å². The van der Waals surface area contributed by atoms with Crippen molar-refractivity contribution in [3.05, 3.63) is 0 Å². The molecule has 0 aliphatic heterocycles. The van der Waals surface area contributed by atoms with E-state index < -0.39 is 8.32 Å². The van der Waals surface area contributed by atoms with Gasteiger partial charge in [0.25, 0.3) is 0 Å². The van der Waals surface area contributed by atoms with E-state index >= 15 is 0 Å². The molecule has 0 unspecified atom stereocenters. The summed E-state index contributed by atoms with van der Waals surface area (Å²) in [5.41, 5.74) is 0. The Kier molecular flexibility index (Phi) is 7.92. The van der Waals surface area contributed by atoms with E-state index in [9.17, 15) is 0 Å². The minimum atomic E-state index is -1.42. The maximum absolute atomic E-state index is 6.10. The summed E-state index contributed by atoms with van der Waals surface area (Å²) in [5, 5.41) is 0. The van der Waals surface area contributed by atoms with Crippen molar-refractivity contribution in [2.45, 2.75) is 59.7 Å². The Hall–Kier alpha value is 1.06. The van der Waals surface area contributed by atoms with E-state index in [2.05, 4.69) is 41.5 Å². The van der Waals surface area contributed by atoms with Crippen LogP contribution in [-0.4, -0.2) is 8.32 Å². The van der Waals surface area contributed by atoms with Gasteiger partial charge in [-0.2, -0.15) is 0 Å². The van der Waals surface area contributed by atoms with Crippen molar-refractivity contribution in [2.24, 2.45) is 17.8 Å². The molecule has 0 aromatic carbocycles. The molecule has 15 heavy (non-hydrogen) atoms. The van der Waals surface area contributed by atoms with Crippen LogP contribution in [0.5, 0.6) is 0 Å². The molecule has 3 heteroatoms. The van der Waals surface area contributed by atoms with Crippen LogP contribution in [0.4, 0.5) is 0 Å². The molecule has 1 nitrogen and oxygen atoms in total. The van der Waals surface area contributed by atoms with Gasteiger partial charge in [0.05, 0.1) is 0 Å². The second-order valence-corrected chi connectivity index (χ2v) is 11.4. The number of hydrogen-bond donors (Lipinski definition) is 0. The molecule has 0 N–H and O–H groups in total. The fourth-order valence-corrected chi connectivity index (χ4v) is 9.66. The molecule has 0 atom stereocenters. The van der Waals surface area contributed by atoms with Crippen molar-refractivity contribution in [1.82, 2.24) is 0 Å². The third kappa shape index (κ3) is 7.07. The molecule has 0 heterocycles. The zero-order valence-corrected chi connectivity index (χ0v) is 14.7. The Labute approximate surface area is 113 Å². The van der Waals surface area contributed by atoms with Gasteiger partial charge in [0, 0.05) is 0 Å². The minimum absolute atomic E-state index is 0.787. The SMILES string of the molecule is CC(C)C[Si](CC(C)C)(CC(C)C)[O][Zr]. The molecule has 0 aliphatic carbocycles. The van der Waals surface area contributed by atoms with Gasteiger partial charge in [-0.05, 0) is 0 Å². The van der Waals surface area contributed by atoms with Gasteiger partial charge in [-0.3, -0.25) is 0 Å². The zero-order chi connectivity index (χ0) is 12.1. The van der Waals surface area contributed by atoms with Crippen LogP contribution in [0, 0.1) is 17.8 Å². The van der Waals surface area contributed by atoms with E-state index in [-0.39, 0.29) is 0 Å². The quantitative estimate of drug-likeness (QED) is 0.634. The van der Waals surface area contributed by atoms with Crippen LogP contribution in [0.15, 0.2) is 0 Å². The molecular weight excluding hydrogens is 279 g/mol. The Morgan fingerprint density at radius 3 is 1.20 bits per heavy atom. The van der Waals surface area contributed by atoms with Gasteiger partial charge in [0.1, 0.15) is 0 Å². The second kappa shape index (κ2) is 7.40. The van der Waals surface area contributed by atoms with E-state index in [0.29, 0.717) is 0 Å². The van der Waals surface area contributed by atoms with Crippen molar-refractivity contribution < 1.29 is 27.7 Å². The van der Waals surface area contributed by atoms with Gasteiger partial charge < -0.3 is 0 Å². The van der Waals surface area contributed by atoms with Crippen LogP contribution in [0.3, 0.4) is 0 Å². The summed E-state index contributed by atoms with van der Waals surface area (Å²) in [6.45, 7) is 14.0. The van der Waals surface area contributed by atoms with Gasteiger partial charge in [0.2, 0.25) is 0 Å². The van der Waals surface area contributed by atoms with Gasteiger partial charge >= 0.3 is 113 Å². The fraction of sp³-hybridized carbons (Fsp3) is 1.00. The summed E-state index contributed by atoms with van der Waals surface area (Å²) < 4.78 is 6.10. The Morgan fingerprint density at radius 1 is 0.800 bits per heavy atom. The summed E-state index contributed by atoms with van der Waals surface area (Å²) in [5.74, 6) is 2.36. The molecule has 0 aliphatic rings. The zero-order valence-electron chi connectivity index (χ0n) is 11.3. The molecule has 0 saturated carbocycles. The van der Waals surface area contributed by atoms with Crippen molar-refractivity contribution in [3.8, 4) is 0 Å². The first kappa shape index (κ1) is 16.1. The fourth-order valence-electron chi connectivity index (χ4n) is 2.61. The van der Waals surface area contributed by atoms with Gasteiger partial charge in [-0.15, -0.1) is 0 Å². The first-order chi connectivity index (χ1) is 6.81. The number of rotatable bonds is 7. The topological polar surface area (TPSA) is 9.23 Å². The monoisotopic (exact) mass is 305 g/mol. The summed E-state index contributed by atoms with van der Waals surface area (Å²) in [4.78, 5) is 0. The third-order valence-electron chi connectivity index (χ3n) is 2.56. The molecular formula is C12H27OSiZr. The molecule has 0 spiro atoms. The molecule has 0 saturated heterocycles. The molecule has 0 amide bonds. The third-order valence-corrected chi connectivity index (χ3v) is 10.9. The van der Waals surface area contributed by atoms with E-state index in [4.69, 9.17) is 2.50 Å². The standard InChI is InChI=1S/C12H27OSi.Zr/c1-10(2)7-14(13,8-11(3)4)9-12(5)6;/h10-12H,7-9H2,1-6H3;/q-1;+1. The molecule has 0 fully saturated rings. The van der Waals surface area contributed by atoms with Crippen LogP contribution in [0.25, 0.3) is 0 Å². The van der Waals surface area contributed by atoms with Gasteiger partial charge in [0.15, 0.2) is 0 Å². The molecule has 89 valence electrons. The van der Waals surface area contributed by atoms with E-state index in [0.717, 1.165) is 17.8 Å². The van der Waals surface area contributed by atoms with Crippen LogP contribution in [0.1, 0.15) is 41.5 Å². The predicted octanol–water partition coefficient (Wildman–Crippen LogP) is 4.38. The van der Waals surface area contributed by atoms with E-state index in [1.54, 1.807) is 0 Å². The van der Waals surface area contributed by atoms with Gasteiger partial charge in [-0.25, -0.2) is 0 Å². The molecule has 0 aromatic rings. The van der Waals surface area contributed by atoms with Crippen molar-refractivity contribution in [2.75, 3.05) is 0 Å². The average Bonchev–Trinajstić information content (AvgIpc) is 1.99. The van der Waals surface area contributed by atoms with Crippen molar-refractivity contribution in [3.63, 3.8) is 0 Å². The van der Waals surface area contributed by atoms with Crippen LogP contribution >= 0.6 is 0 Å². The molecule has 0 rings (SSSR count). The number of hydrogen-bond acceptors (Lipinski definition) is 1. The summed E-state index contributed by atoms with van der Waals surface area (Å²) in [7, 11) is -1.42. The normalized spacial score (nSPS) is 13.1. The second-order valence-electron chi connectivity index (χ2n) is 6.08. The van der Waals surface area contributed by atoms with Crippen molar-refractivity contribution >= 4 is 8.32 Å². The molecule has 0 aromatic heterocycles. The summed E-state index contributed by atoms with van der Waals surface area (Å²) in [6, 6.07) is 4.03. The first-order valence-corrected chi connectivity index (χ1v) is 9.69. The summed E-state index contributed by atoms with van der Waals surface area (Å²) >= 11 is 1.28. The van der Waals surface area contributed by atoms with E-state index in [1.807, 2.05) is 0 Å². The molecule has 0 bridgehead atoms. The predicted molar refractivity (Wildman–Crippen MR) is 65.8 cm³/mol. The van der Waals surface area contributed by atoms with Crippen molar-refractivity contribution in [1.29, 1.82) is 0 Å². The Morgan fingerprint density at radius 2 is 1.07 bits per heavy atom. The van der Waals surface area contributed by atoms with Crippen LogP contribution < -0.4 is 0 Å². The maximum atomic E-state index is 6.10. The molecule has 0 radical (unpaired) electrons. The Balaban J connectivity index is 4.59. The van der Waals surface area contributed by atoms with E-state index in [1.165, 1.54) is 43.3 Å². The van der Waals surface area contributed by atoms with Gasteiger partial charge in [-0.1, -0.05) is 0 Å². The first-order valence-electron chi connectivity index (χ1n) is 6.16. The van der Waals surface area contributed by atoms with Crippen LogP contribution in [-0.2, 0) is 27.7 Å². The Bertz CT molecular complexity index is 142. The average molecular weight is 307 g/mol. The summed E-state index contributed by atoms with van der Waals surface area (Å²) in [6.07, 6.45) is 0.